The standard InChI is InChI=1S/C29H36FN5O6S/c1-29(2,3)41-28(37)35-12-13-39-19(16-35)17-40-23-15-31-10-8-18(23)14-33-21-9-11-32-26(36)24(21)27(42)34-22-7-5-6-20(30)25(22)38-4/h5-8,10,15,19,33H,9,11-14,16-17H2,1-4H3,(H,32,36)(H,34,42)/t19-/m0/s1. The molecule has 2 amide bonds. The number of morpholine rings is 1. The van der Waals surface area contributed by atoms with Gasteiger partial charge in [-0.15, -0.1) is 0 Å². The van der Waals surface area contributed by atoms with E-state index in [2.05, 4.69) is 20.9 Å². The molecule has 1 saturated heterocycles. The number of nitrogens with zero attached hydrogens (tertiary/aromatic N) is 2. The first-order valence-electron chi connectivity index (χ1n) is 13.6. The molecule has 3 N–H and O–H groups in total. The number of methoxy groups -OCH3 is 1. The summed E-state index contributed by atoms with van der Waals surface area (Å²) in [5.41, 5.74) is 1.43. The lowest BCUT2D eigenvalue weighted by Crippen LogP contribution is -2.49. The van der Waals surface area contributed by atoms with Crippen molar-refractivity contribution in [1.82, 2.24) is 20.5 Å². The maximum atomic E-state index is 14.2. The zero-order chi connectivity index (χ0) is 30.3. The Morgan fingerprint density at radius 2 is 2.12 bits per heavy atom. The number of para-hydroxylation sites is 1. The number of halogens is 1. The number of amides is 2. The summed E-state index contributed by atoms with van der Waals surface area (Å²) >= 11 is 5.56. The molecule has 42 heavy (non-hydrogen) atoms. The van der Waals surface area contributed by atoms with Crippen LogP contribution >= 0.6 is 12.2 Å². The predicted octanol–water partition coefficient (Wildman–Crippen LogP) is 3.55. The van der Waals surface area contributed by atoms with Gasteiger partial charge in [0.2, 0.25) is 0 Å². The third-order valence-electron chi connectivity index (χ3n) is 6.41. The number of nitrogens with one attached hydrogen (secondary N) is 3. The minimum Gasteiger partial charge on any atom is -0.492 e. The third-order valence-corrected chi connectivity index (χ3v) is 6.72. The van der Waals surface area contributed by atoms with Crippen molar-refractivity contribution in [3.63, 3.8) is 0 Å². The van der Waals surface area contributed by atoms with Gasteiger partial charge in [-0.2, -0.15) is 0 Å². The van der Waals surface area contributed by atoms with Gasteiger partial charge in [0.15, 0.2) is 11.6 Å². The molecule has 0 unspecified atom stereocenters. The summed E-state index contributed by atoms with van der Waals surface area (Å²) in [6.45, 7) is 7.61. The van der Waals surface area contributed by atoms with Gasteiger partial charge in [0, 0.05) is 43.5 Å². The van der Waals surface area contributed by atoms with Crippen molar-refractivity contribution in [2.75, 3.05) is 45.3 Å². The molecule has 4 rings (SSSR count). The molecule has 2 aliphatic rings. The second kappa shape index (κ2) is 13.8. The average Bonchev–Trinajstić information content (AvgIpc) is 2.94. The average molecular weight is 602 g/mol. The van der Waals surface area contributed by atoms with E-state index in [9.17, 15) is 14.0 Å². The fourth-order valence-corrected chi connectivity index (χ4v) is 4.78. The summed E-state index contributed by atoms with van der Waals surface area (Å²) in [6, 6.07) is 6.23. The van der Waals surface area contributed by atoms with E-state index in [0.29, 0.717) is 56.3 Å². The molecule has 1 aromatic carbocycles. The summed E-state index contributed by atoms with van der Waals surface area (Å²) in [5, 5.41) is 9.07. The number of carbonyl (C=O) groups is 2. The Balaban J connectivity index is 1.42. The summed E-state index contributed by atoms with van der Waals surface area (Å²) in [4.78, 5) is 31.3. The number of hydrogen-bond donors (Lipinski definition) is 3. The Labute approximate surface area is 249 Å². The number of hydrogen-bond acceptors (Lipinski definition) is 9. The van der Waals surface area contributed by atoms with E-state index in [0.717, 1.165) is 5.56 Å². The number of rotatable bonds is 9. The first-order chi connectivity index (χ1) is 20.1. The normalized spacial score (nSPS) is 17.3. The molecule has 2 aromatic rings. The van der Waals surface area contributed by atoms with Crippen LogP contribution in [-0.4, -0.2) is 78.5 Å². The molecule has 1 fully saturated rings. The van der Waals surface area contributed by atoms with Gasteiger partial charge >= 0.3 is 6.09 Å². The van der Waals surface area contributed by atoms with E-state index in [-0.39, 0.29) is 41.0 Å². The zero-order valence-corrected chi connectivity index (χ0v) is 24.9. The predicted molar refractivity (Wildman–Crippen MR) is 158 cm³/mol. The molecule has 2 aliphatic heterocycles. The van der Waals surface area contributed by atoms with Crippen molar-refractivity contribution in [2.24, 2.45) is 0 Å². The monoisotopic (exact) mass is 601 g/mol. The van der Waals surface area contributed by atoms with Crippen LogP contribution in [-0.2, 0) is 20.8 Å². The van der Waals surface area contributed by atoms with Gasteiger partial charge in [-0.1, -0.05) is 18.3 Å². The van der Waals surface area contributed by atoms with Crippen LogP contribution in [0.2, 0.25) is 0 Å². The lowest BCUT2D eigenvalue weighted by atomic mass is 10.1. The number of aromatic nitrogens is 1. The highest BCUT2D eigenvalue weighted by Crippen LogP contribution is 2.29. The summed E-state index contributed by atoms with van der Waals surface area (Å²) in [5.74, 6) is -0.351. The van der Waals surface area contributed by atoms with Gasteiger partial charge in [-0.3, -0.25) is 9.78 Å². The van der Waals surface area contributed by atoms with Crippen LogP contribution in [0.5, 0.6) is 11.5 Å². The molecule has 0 saturated carbocycles. The molecule has 3 heterocycles. The molecule has 0 bridgehead atoms. The van der Waals surface area contributed by atoms with Crippen molar-refractivity contribution in [3.8, 4) is 11.5 Å². The largest absolute Gasteiger partial charge is 0.492 e. The molecule has 1 atom stereocenters. The van der Waals surface area contributed by atoms with Crippen LogP contribution in [0.1, 0.15) is 32.8 Å². The molecule has 1 aromatic heterocycles. The minimum atomic E-state index is -0.584. The minimum absolute atomic E-state index is 0.000846. The van der Waals surface area contributed by atoms with Crippen LogP contribution in [0.15, 0.2) is 47.9 Å². The van der Waals surface area contributed by atoms with E-state index in [1.54, 1.807) is 23.4 Å². The fourth-order valence-electron chi connectivity index (χ4n) is 4.45. The summed E-state index contributed by atoms with van der Waals surface area (Å²) in [6.07, 6.45) is 3.05. The second-order valence-corrected chi connectivity index (χ2v) is 11.1. The van der Waals surface area contributed by atoms with Crippen molar-refractivity contribution in [2.45, 2.75) is 45.4 Å². The quantitative estimate of drug-likeness (QED) is 0.368. The van der Waals surface area contributed by atoms with Gasteiger partial charge < -0.3 is 39.8 Å². The van der Waals surface area contributed by atoms with Gasteiger partial charge in [0.1, 0.15) is 29.0 Å². The SMILES string of the molecule is COc1c(F)cccc1NC(=S)C1=C(NCc2ccncc2OC[C@@H]2CN(C(=O)OC(C)(C)C)CCO2)CCNC1=O. The lowest BCUT2D eigenvalue weighted by Gasteiger charge is -2.34. The highest BCUT2D eigenvalue weighted by molar-refractivity contribution is 7.81. The summed E-state index contributed by atoms with van der Waals surface area (Å²) in [7, 11) is 1.36. The lowest BCUT2D eigenvalue weighted by molar-refractivity contribution is -0.117. The smallest absolute Gasteiger partial charge is 0.410 e. The van der Waals surface area contributed by atoms with Crippen LogP contribution in [0.4, 0.5) is 14.9 Å². The van der Waals surface area contributed by atoms with Gasteiger partial charge in [0.05, 0.1) is 37.7 Å². The van der Waals surface area contributed by atoms with E-state index in [4.69, 9.17) is 31.2 Å². The molecule has 0 radical (unpaired) electrons. The van der Waals surface area contributed by atoms with Crippen molar-refractivity contribution in [1.29, 1.82) is 0 Å². The maximum absolute atomic E-state index is 14.2. The van der Waals surface area contributed by atoms with E-state index < -0.39 is 11.4 Å². The molecule has 11 nitrogen and oxygen atoms in total. The summed E-state index contributed by atoms with van der Waals surface area (Å²) < 4.78 is 36.7. The van der Waals surface area contributed by atoms with Gasteiger partial charge in [-0.05, 0) is 39.0 Å². The second-order valence-electron chi connectivity index (χ2n) is 10.7. The van der Waals surface area contributed by atoms with Crippen molar-refractivity contribution < 1.29 is 32.9 Å². The van der Waals surface area contributed by atoms with Gasteiger partial charge in [0.25, 0.3) is 5.91 Å². The van der Waals surface area contributed by atoms with Crippen LogP contribution in [0.25, 0.3) is 0 Å². The van der Waals surface area contributed by atoms with Crippen molar-refractivity contribution in [3.05, 3.63) is 59.3 Å². The molecule has 0 spiro atoms. The highest BCUT2D eigenvalue weighted by Gasteiger charge is 2.29. The topological polar surface area (TPSA) is 123 Å². The Morgan fingerprint density at radius 3 is 2.88 bits per heavy atom. The molecular formula is C29H36FN5O6S. The Kier molecular flexibility index (Phi) is 10.2. The molecular weight excluding hydrogens is 565 g/mol. The maximum Gasteiger partial charge on any atom is 0.410 e. The molecule has 13 heteroatoms. The first kappa shape index (κ1) is 31.0. The van der Waals surface area contributed by atoms with E-state index >= 15 is 0 Å². The van der Waals surface area contributed by atoms with E-state index in [1.807, 2.05) is 26.8 Å². The Bertz CT molecular complexity index is 1350. The zero-order valence-electron chi connectivity index (χ0n) is 24.1. The number of carbonyl (C=O) groups excluding carboxylic acids is 2. The van der Waals surface area contributed by atoms with Crippen LogP contribution in [0.3, 0.4) is 0 Å². The first-order valence-corrected chi connectivity index (χ1v) is 14.0. The number of pyridine rings is 1. The molecule has 0 aliphatic carbocycles. The van der Waals surface area contributed by atoms with Crippen molar-refractivity contribution >= 4 is 34.9 Å². The Hall–Kier alpha value is -3.97. The van der Waals surface area contributed by atoms with Gasteiger partial charge in [-0.25, -0.2) is 9.18 Å². The highest BCUT2D eigenvalue weighted by atomic mass is 32.1. The fraction of sp³-hybridized carbons (Fsp3) is 0.448. The third kappa shape index (κ3) is 8.07. The molecule has 226 valence electrons. The number of benzene rings is 1. The number of anilines is 1. The van der Waals surface area contributed by atoms with Crippen LogP contribution in [0, 0.1) is 5.82 Å². The Morgan fingerprint density at radius 1 is 1.31 bits per heavy atom. The van der Waals surface area contributed by atoms with E-state index in [1.165, 1.54) is 19.2 Å². The number of thiocarbonyl (C=S) groups is 1. The number of ether oxygens (including phenoxy) is 4. The van der Waals surface area contributed by atoms with Crippen LogP contribution < -0.4 is 25.4 Å².